The van der Waals surface area contributed by atoms with Crippen molar-refractivity contribution in [3.63, 3.8) is 0 Å². The number of halogens is 2. The molecule has 0 radical (unpaired) electrons. The maximum atomic E-state index is 12.9. The highest BCUT2D eigenvalue weighted by molar-refractivity contribution is 6.56. The molecule has 6 nitrogen and oxygen atoms in total. The van der Waals surface area contributed by atoms with Gasteiger partial charge in [-0.05, 0) is 41.3 Å². The highest BCUT2D eigenvalue weighted by Crippen LogP contribution is 2.74. The van der Waals surface area contributed by atoms with Gasteiger partial charge in [-0.1, -0.05) is 122 Å². The van der Waals surface area contributed by atoms with Crippen molar-refractivity contribution in [2.45, 2.75) is 79.8 Å². The normalized spacial score (nSPS) is 42.1. The van der Waals surface area contributed by atoms with E-state index in [1.54, 1.807) is 0 Å². The van der Waals surface area contributed by atoms with E-state index in [2.05, 4.69) is 25.6 Å². The van der Waals surface area contributed by atoms with E-state index in [0.29, 0.717) is 24.2 Å². The zero-order valence-electron chi connectivity index (χ0n) is 26.2. The molecule has 1 spiro atoms. The van der Waals surface area contributed by atoms with Crippen molar-refractivity contribution in [3.8, 4) is 5.75 Å². The van der Waals surface area contributed by atoms with Crippen LogP contribution in [0.15, 0.2) is 125 Å². The molecule has 3 aromatic carbocycles. The summed E-state index contributed by atoms with van der Waals surface area (Å²) in [7, 11) is 0. The lowest BCUT2D eigenvalue weighted by Crippen LogP contribution is -2.85. The average Bonchev–Trinajstić information content (AvgIpc) is 3.62. The van der Waals surface area contributed by atoms with E-state index in [0.717, 1.165) is 22.3 Å². The molecular formula is C39H36Cl2O6. The molecule has 4 saturated heterocycles. The molecule has 242 valence electrons. The first-order chi connectivity index (χ1) is 22.6. The molecule has 3 aromatic rings. The fourth-order valence-electron chi connectivity index (χ4n) is 9.70. The summed E-state index contributed by atoms with van der Waals surface area (Å²) >= 11 is 13.0. The molecule has 1 N–H and O–H groups in total. The summed E-state index contributed by atoms with van der Waals surface area (Å²) in [6, 6.07) is 29.7. The van der Waals surface area contributed by atoms with Crippen LogP contribution >= 0.6 is 23.2 Å². The van der Waals surface area contributed by atoms with Gasteiger partial charge in [0, 0.05) is 30.7 Å². The molecule has 1 unspecified atom stereocenters. The number of benzene rings is 3. The van der Waals surface area contributed by atoms with E-state index >= 15 is 0 Å². The highest BCUT2D eigenvalue weighted by Gasteiger charge is 2.86. The summed E-state index contributed by atoms with van der Waals surface area (Å²) in [4.78, 5) is 0. The van der Waals surface area contributed by atoms with Crippen molar-refractivity contribution >= 4 is 23.2 Å². The van der Waals surface area contributed by atoms with Gasteiger partial charge in [-0.25, -0.2) is 0 Å². The number of epoxide rings is 1. The van der Waals surface area contributed by atoms with Crippen LogP contribution in [0.2, 0.25) is 0 Å². The Morgan fingerprint density at radius 1 is 0.894 bits per heavy atom. The molecule has 4 heterocycles. The molecule has 7 aliphatic rings. The first-order valence-corrected chi connectivity index (χ1v) is 17.0. The monoisotopic (exact) mass is 670 g/mol. The van der Waals surface area contributed by atoms with Gasteiger partial charge in [0.05, 0.1) is 17.6 Å². The van der Waals surface area contributed by atoms with E-state index in [9.17, 15) is 5.11 Å². The third kappa shape index (κ3) is 3.98. The number of para-hydroxylation sites is 1. The van der Waals surface area contributed by atoms with Crippen molar-refractivity contribution < 1.29 is 28.8 Å². The van der Waals surface area contributed by atoms with Gasteiger partial charge in [-0.2, -0.15) is 0 Å². The summed E-state index contributed by atoms with van der Waals surface area (Å²) in [6.45, 7) is 8.63. The third-order valence-electron chi connectivity index (χ3n) is 11.5. The minimum Gasteiger partial charge on any atom is -0.477 e. The Kier molecular flexibility index (Phi) is 6.45. The number of hydrogen-bond donors (Lipinski definition) is 1. The van der Waals surface area contributed by atoms with Gasteiger partial charge in [-0.3, -0.25) is 0 Å². The van der Waals surface area contributed by atoms with Crippen molar-refractivity contribution in [2.24, 2.45) is 11.8 Å². The Hall–Kier alpha value is -2.94. The quantitative estimate of drug-likeness (QED) is 0.216. The second kappa shape index (κ2) is 10.1. The second-order valence-electron chi connectivity index (χ2n) is 14.2. The molecule has 3 aliphatic carbocycles. The van der Waals surface area contributed by atoms with Crippen LogP contribution in [0.3, 0.4) is 0 Å². The maximum Gasteiger partial charge on any atom is 0.313 e. The molecule has 47 heavy (non-hydrogen) atoms. The summed E-state index contributed by atoms with van der Waals surface area (Å²) < 4.78 is 35.7. The van der Waals surface area contributed by atoms with Crippen molar-refractivity contribution in [1.29, 1.82) is 0 Å². The summed E-state index contributed by atoms with van der Waals surface area (Å²) in [5.74, 6) is -1.64. The molecule has 10 atom stereocenters. The first-order valence-electron chi connectivity index (χ1n) is 16.3. The number of ether oxygens (including phenoxy) is 5. The third-order valence-corrected chi connectivity index (χ3v) is 12.0. The van der Waals surface area contributed by atoms with Gasteiger partial charge in [0.2, 0.25) is 0 Å². The number of rotatable bonds is 6. The molecule has 4 bridgehead atoms. The second-order valence-corrected chi connectivity index (χ2v) is 15.1. The molecule has 10 rings (SSSR count). The van der Waals surface area contributed by atoms with Gasteiger partial charge in [0.15, 0.2) is 5.60 Å². The Morgan fingerprint density at radius 2 is 1.53 bits per heavy atom. The van der Waals surface area contributed by atoms with Gasteiger partial charge >= 0.3 is 5.97 Å². The molecule has 0 aromatic heterocycles. The van der Waals surface area contributed by atoms with Crippen LogP contribution in [0.4, 0.5) is 0 Å². The van der Waals surface area contributed by atoms with E-state index in [4.69, 9.17) is 46.9 Å². The molecule has 6 fully saturated rings. The van der Waals surface area contributed by atoms with E-state index in [-0.39, 0.29) is 22.9 Å². The minimum atomic E-state index is -1.57. The predicted octanol–water partition coefficient (Wildman–Crippen LogP) is 7.54. The van der Waals surface area contributed by atoms with Gasteiger partial charge < -0.3 is 28.8 Å². The van der Waals surface area contributed by atoms with Crippen LogP contribution in [-0.4, -0.2) is 45.8 Å². The summed E-state index contributed by atoms with van der Waals surface area (Å²) in [5, 5.41) is 12.9. The topological polar surface area (TPSA) is 69.7 Å². The van der Waals surface area contributed by atoms with Crippen LogP contribution in [0.25, 0.3) is 0 Å². The lowest BCUT2D eigenvalue weighted by atomic mass is 9.53. The van der Waals surface area contributed by atoms with E-state index in [1.165, 1.54) is 0 Å². The van der Waals surface area contributed by atoms with Crippen molar-refractivity contribution in [1.82, 2.24) is 0 Å². The smallest absolute Gasteiger partial charge is 0.313 e. The minimum absolute atomic E-state index is 0.132. The summed E-state index contributed by atoms with van der Waals surface area (Å²) in [5.41, 5.74) is -0.187. The lowest BCUT2D eigenvalue weighted by molar-refractivity contribution is -0.569. The standard InChI is InChI=1S/C39H36Cl2O6/c1-23(2)37(43-28-17-11-6-12-18-28)31-24(3)38-29-19-26(34(40)41)21-35(29,42)22-36(20-25-13-7-4-8-14-25)32(44-36)30(38)33(37)46-39(45-31,47-38)27-15-9-5-10-16-27/h4-19,24,30-33,42H,1,20-22H2,2-3H3/t24-,30+,31+,32+,33-,35-,36-,37+,38+,39?/m1/s1. The predicted molar refractivity (Wildman–Crippen MR) is 178 cm³/mol. The Balaban J connectivity index is 1.30. The van der Waals surface area contributed by atoms with Gasteiger partial charge in [0.1, 0.15) is 33.7 Å². The largest absolute Gasteiger partial charge is 0.477 e. The van der Waals surface area contributed by atoms with Crippen LogP contribution in [0.5, 0.6) is 5.75 Å². The van der Waals surface area contributed by atoms with E-state index in [1.807, 2.05) is 91.9 Å². The first kappa shape index (κ1) is 30.1. The highest BCUT2D eigenvalue weighted by atomic mass is 35.5. The lowest BCUT2D eigenvalue weighted by Gasteiger charge is -2.72. The van der Waals surface area contributed by atoms with Gasteiger partial charge in [0.25, 0.3) is 0 Å². The van der Waals surface area contributed by atoms with Crippen LogP contribution < -0.4 is 4.74 Å². The van der Waals surface area contributed by atoms with E-state index < -0.39 is 46.5 Å². The number of aliphatic hydroxyl groups is 1. The fraction of sp³-hybridized carbons (Fsp3) is 0.385. The zero-order valence-corrected chi connectivity index (χ0v) is 27.7. The van der Waals surface area contributed by atoms with Crippen molar-refractivity contribution in [2.75, 3.05) is 0 Å². The van der Waals surface area contributed by atoms with Crippen molar-refractivity contribution in [3.05, 3.63) is 136 Å². The molecule has 4 aliphatic heterocycles. The molecule has 2 saturated carbocycles. The van der Waals surface area contributed by atoms with Crippen LogP contribution in [-0.2, 0) is 31.3 Å². The maximum absolute atomic E-state index is 12.9. The number of fused-ring (bicyclic) bond motifs is 2. The average molecular weight is 672 g/mol. The zero-order chi connectivity index (χ0) is 32.4. The fourth-order valence-corrected chi connectivity index (χ4v) is 9.94. The van der Waals surface area contributed by atoms with Crippen LogP contribution in [0, 0.1) is 11.8 Å². The molecular weight excluding hydrogens is 635 g/mol. The summed E-state index contributed by atoms with van der Waals surface area (Å²) in [6.07, 6.45) is 1.65. The Bertz CT molecular complexity index is 1830. The van der Waals surface area contributed by atoms with Crippen LogP contribution in [0.1, 0.15) is 37.8 Å². The Labute approximate surface area is 284 Å². The number of hydrogen-bond acceptors (Lipinski definition) is 6. The number of allylic oxidation sites excluding steroid dienone is 1. The SMILES string of the molecule is C=C(C)[C@@]1(Oc2ccccc2)[C@@H]2OC3(c4ccccc4)O[C@H]1[C@@H](C)[C@]1(O3)C3=CC(=C(Cl)Cl)C[C@@]3(O)C[C@@]3(Cc4ccccc4)O[C@H]3[C@@H]21. The Morgan fingerprint density at radius 3 is 2.19 bits per heavy atom. The molecule has 0 amide bonds. The van der Waals surface area contributed by atoms with Gasteiger partial charge in [-0.15, -0.1) is 0 Å². The molecule has 8 heteroatoms.